The van der Waals surface area contributed by atoms with Gasteiger partial charge in [-0.15, -0.1) is 5.75 Å². The third-order valence-corrected chi connectivity index (χ3v) is 2.90. The van der Waals surface area contributed by atoms with E-state index in [0.717, 1.165) is 5.56 Å². The maximum Gasteiger partial charge on any atom is 1.00 e. The van der Waals surface area contributed by atoms with Gasteiger partial charge in [-0.1, -0.05) is 41.5 Å². The van der Waals surface area contributed by atoms with E-state index in [-0.39, 0.29) is 30.2 Å². The minimum Gasteiger partial charge on any atom is -0.872 e. The van der Waals surface area contributed by atoms with Gasteiger partial charge in [-0.3, -0.25) is 0 Å². The van der Waals surface area contributed by atoms with Crippen LogP contribution in [0.3, 0.4) is 0 Å². The molecule has 2 aromatic rings. The number of carboxylic acid groups (broad SMARTS) is 1. The third-order valence-electron chi connectivity index (χ3n) is 2.90. The molecular weight excluding hydrogens is 235 g/mol. The Kier molecular flexibility index (Phi) is 4.82. The Balaban J connectivity index is 0.00000180. The predicted molar refractivity (Wildman–Crippen MR) is 67.8 cm³/mol. The van der Waals surface area contributed by atoms with E-state index in [9.17, 15) is 15.0 Å². The van der Waals surface area contributed by atoms with Gasteiger partial charge in [0.25, 0.3) is 0 Å². The SMILES string of the molecule is Cc1ccc(-c2ccc(C)c([O-])c2)c(C(=O)O)c1.[Li+]. The van der Waals surface area contributed by atoms with Crippen molar-refractivity contribution < 1.29 is 33.9 Å². The van der Waals surface area contributed by atoms with Crippen molar-refractivity contribution in [2.75, 3.05) is 0 Å². The molecule has 0 amide bonds. The van der Waals surface area contributed by atoms with Crippen LogP contribution in [0, 0.1) is 13.8 Å². The van der Waals surface area contributed by atoms with Crippen molar-refractivity contribution >= 4 is 5.97 Å². The van der Waals surface area contributed by atoms with Crippen LogP contribution in [-0.4, -0.2) is 11.1 Å². The first-order chi connectivity index (χ1) is 8.49. The number of hydrogen-bond donors (Lipinski definition) is 1. The molecule has 0 unspecified atom stereocenters. The van der Waals surface area contributed by atoms with E-state index >= 15 is 0 Å². The molecular formula is C15H13LiO3. The normalized spacial score (nSPS) is 9.79. The van der Waals surface area contributed by atoms with E-state index in [1.54, 1.807) is 31.2 Å². The molecule has 0 saturated carbocycles. The molecule has 2 rings (SSSR count). The number of rotatable bonds is 2. The molecule has 0 radical (unpaired) electrons. The van der Waals surface area contributed by atoms with Crippen LogP contribution >= 0.6 is 0 Å². The average molecular weight is 248 g/mol. The van der Waals surface area contributed by atoms with Crippen molar-refractivity contribution in [1.82, 2.24) is 0 Å². The molecule has 2 aromatic carbocycles. The number of aromatic carboxylic acids is 1. The van der Waals surface area contributed by atoms with Gasteiger partial charge in [-0.25, -0.2) is 4.79 Å². The maximum atomic E-state index is 11.6. The summed E-state index contributed by atoms with van der Waals surface area (Å²) in [5, 5.41) is 20.8. The Labute approximate surface area is 124 Å². The Morgan fingerprint density at radius 3 is 2.37 bits per heavy atom. The molecule has 19 heavy (non-hydrogen) atoms. The summed E-state index contributed by atoms with van der Waals surface area (Å²) in [5.74, 6) is -1.06. The Morgan fingerprint density at radius 1 is 1.11 bits per heavy atom. The zero-order valence-corrected chi connectivity index (χ0v) is 11.2. The van der Waals surface area contributed by atoms with Crippen LogP contribution in [0.2, 0.25) is 0 Å². The van der Waals surface area contributed by atoms with Gasteiger partial charge in [0.2, 0.25) is 0 Å². The number of carboxylic acids is 1. The number of benzene rings is 2. The second-order valence-corrected chi connectivity index (χ2v) is 4.33. The molecule has 1 N–H and O–H groups in total. The molecule has 0 atom stereocenters. The molecule has 92 valence electrons. The van der Waals surface area contributed by atoms with Gasteiger partial charge in [-0.05, 0) is 31.0 Å². The van der Waals surface area contributed by atoms with Gasteiger partial charge in [0.1, 0.15) is 0 Å². The quantitative estimate of drug-likeness (QED) is 0.745. The van der Waals surface area contributed by atoms with Gasteiger partial charge in [-0.2, -0.15) is 0 Å². The summed E-state index contributed by atoms with van der Waals surface area (Å²) < 4.78 is 0. The first-order valence-electron chi connectivity index (χ1n) is 5.61. The Morgan fingerprint density at radius 2 is 1.79 bits per heavy atom. The molecule has 0 bridgehead atoms. The molecule has 3 nitrogen and oxygen atoms in total. The van der Waals surface area contributed by atoms with Gasteiger partial charge in [0.15, 0.2) is 0 Å². The van der Waals surface area contributed by atoms with Crippen LogP contribution in [0.5, 0.6) is 5.75 Å². The fourth-order valence-electron chi connectivity index (χ4n) is 1.85. The van der Waals surface area contributed by atoms with E-state index in [2.05, 4.69) is 0 Å². The van der Waals surface area contributed by atoms with E-state index in [0.29, 0.717) is 16.7 Å². The summed E-state index contributed by atoms with van der Waals surface area (Å²) in [5.41, 5.74) is 2.97. The molecule has 0 aliphatic rings. The predicted octanol–water partition coefficient (Wildman–Crippen LogP) is -0.254. The van der Waals surface area contributed by atoms with E-state index in [1.165, 1.54) is 6.07 Å². The first-order valence-corrected chi connectivity index (χ1v) is 5.61. The number of aryl methyl sites for hydroxylation is 2. The average Bonchev–Trinajstić information content (AvgIpc) is 2.32. The summed E-state index contributed by atoms with van der Waals surface area (Å²) in [7, 11) is 0. The van der Waals surface area contributed by atoms with E-state index < -0.39 is 5.97 Å². The molecule has 0 fully saturated rings. The Hall–Kier alpha value is -1.69. The van der Waals surface area contributed by atoms with Crippen molar-refractivity contribution in [2.45, 2.75) is 13.8 Å². The van der Waals surface area contributed by atoms with Crippen molar-refractivity contribution in [3.63, 3.8) is 0 Å². The van der Waals surface area contributed by atoms with Crippen molar-refractivity contribution in [2.24, 2.45) is 0 Å². The first kappa shape index (κ1) is 15.4. The monoisotopic (exact) mass is 248 g/mol. The molecule has 0 spiro atoms. The summed E-state index contributed by atoms with van der Waals surface area (Å²) >= 11 is 0. The fourth-order valence-corrected chi connectivity index (χ4v) is 1.85. The minimum atomic E-state index is -0.985. The maximum absolute atomic E-state index is 11.6. The molecule has 0 aromatic heterocycles. The van der Waals surface area contributed by atoms with E-state index in [1.807, 2.05) is 13.0 Å². The van der Waals surface area contributed by atoms with Crippen LogP contribution in [0.25, 0.3) is 11.1 Å². The smallest absolute Gasteiger partial charge is 0.872 e. The summed E-state index contributed by atoms with van der Waals surface area (Å²) in [6, 6.07) is 10.2. The van der Waals surface area contributed by atoms with Crippen LogP contribution in [0.15, 0.2) is 36.4 Å². The zero-order valence-electron chi connectivity index (χ0n) is 11.2. The molecule has 0 saturated heterocycles. The topological polar surface area (TPSA) is 60.4 Å². The molecule has 0 aliphatic heterocycles. The summed E-state index contributed by atoms with van der Waals surface area (Å²) in [6.45, 7) is 3.57. The minimum absolute atomic E-state index is 0. The van der Waals surface area contributed by atoms with E-state index in [4.69, 9.17) is 0 Å². The van der Waals surface area contributed by atoms with Crippen molar-refractivity contribution in [1.29, 1.82) is 0 Å². The standard InChI is InChI=1S/C15H14O3.Li/c1-9-3-6-12(13(7-9)15(17)18)11-5-4-10(2)14(16)8-11;/h3-8,16H,1-2H3,(H,17,18);/q;+1/p-1. The van der Waals surface area contributed by atoms with Crippen LogP contribution in [0.4, 0.5) is 0 Å². The summed E-state index contributed by atoms with van der Waals surface area (Å²) in [4.78, 5) is 11.2. The Bertz CT molecular complexity index is 621. The van der Waals surface area contributed by atoms with Crippen LogP contribution in [-0.2, 0) is 0 Å². The fraction of sp³-hybridized carbons (Fsp3) is 0.133. The van der Waals surface area contributed by atoms with Crippen molar-refractivity contribution in [3.05, 3.63) is 53.1 Å². The zero-order chi connectivity index (χ0) is 13.3. The van der Waals surface area contributed by atoms with Gasteiger partial charge in [0.05, 0.1) is 5.56 Å². The van der Waals surface area contributed by atoms with Crippen LogP contribution < -0.4 is 24.0 Å². The van der Waals surface area contributed by atoms with Crippen molar-refractivity contribution in [3.8, 4) is 16.9 Å². The molecule has 0 heterocycles. The van der Waals surface area contributed by atoms with Gasteiger partial charge in [0, 0.05) is 0 Å². The van der Waals surface area contributed by atoms with Gasteiger partial charge < -0.3 is 10.2 Å². The second-order valence-electron chi connectivity index (χ2n) is 4.33. The number of hydrogen-bond acceptors (Lipinski definition) is 2. The van der Waals surface area contributed by atoms with Crippen LogP contribution in [0.1, 0.15) is 21.5 Å². The summed E-state index contributed by atoms with van der Waals surface area (Å²) in [6.07, 6.45) is 0. The third kappa shape index (κ3) is 3.20. The molecule has 0 aliphatic carbocycles. The molecule has 4 heteroatoms. The second kappa shape index (κ2) is 5.97. The largest absolute Gasteiger partial charge is 1.00 e. The number of carbonyl (C=O) groups is 1. The van der Waals surface area contributed by atoms with Gasteiger partial charge >= 0.3 is 24.8 Å².